The molecule has 0 N–H and O–H groups in total. The lowest BCUT2D eigenvalue weighted by atomic mass is 10.1. The molecule has 3 nitrogen and oxygen atoms in total. The summed E-state index contributed by atoms with van der Waals surface area (Å²) in [5, 5.41) is 1.08. The molecule has 0 radical (unpaired) electrons. The second-order valence-electron chi connectivity index (χ2n) is 4.98. The van der Waals surface area contributed by atoms with Crippen LogP contribution in [0.25, 0.3) is 27.8 Å². The molecule has 21 heavy (non-hydrogen) atoms. The maximum Gasteiger partial charge on any atom is 0.148 e. The molecule has 4 heteroatoms. The van der Waals surface area contributed by atoms with Gasteiger partial charge < -0.3 is 0 Å². The van der Waals surface area contributed by atoms with E-state index in [0.29, 0.717) is 0 Å². The Morgan fingerprint density at radius 3 is 2.52 bits per heavy atom. The summed E-state index contributed by atoms with van der Waals surface area (Å²) >= 11 is 0. The summed E-state index contributed by atoms with van der Waals surface area (Å²) in [5.74, 6) is 0. The van der Waals surface area contributed by atoms with E-state index in [9.17, 15) is 0 Å². The predicted octanol–water partition coefficient (Wildman–Crippen LogP) is 4.44. The van der Waals surface area contributed by atoms with Gasteiger partial charge >= 0.3 is 0 Å². The number of aryl methyl sites for hydroxylation is 1. The fraction of sp³-hybridized carbons (Fsp3) is 0.0588. The Bertz CT molecular complexity index is 910. The molecular weight excluding hydrogens is 326 g/mol. The Morgan fingerprint density at radius 1 is 0.952 bits per heavy atom. The second kappa shape index (κ2) is 5.30. The smallest absolute Gasteiger partial charge is 0.148 e. The molecule has 2 heterocycles. The van der Waals surface area contributed by atoms with E-state index in [1.54, 1.807) is 0 Å². The van der Waals surface area contributed by atoms with Crippen LogP contribution >= 0.6 is 17.0 Å². The van der Waals surface area contributed by atoms with E-state index >= 15 is 0 Å². The molecule has 0 fully saturated rings. The molecule has 0 bridgehead atoms. The molecule has 0 atom stereocenters. The van der Waals surface area contributed by atoms with Gasteiger partial charge in [0.05, 0.1) is 11.2 Å². The monoisotopic (exact) mass is 339 g/mol. The zero-order valence-corrected chi connectivity index (χ0v) is 13.2. The standard InChI is InChI=1S/C17H13N3.BrH/c1-12-6-8-13(9-7-12)16-10-20-11-18-15-5-3-2-4-14(15)17(20)19-16;/h2-11H,1H3;1H. The summed E-state index contributed by atoms with van der Waals surface area (Å²) in [5.41, 5.74) is 5.28. The van der Waals surface area contributed by atoms with Gasteiger partial charge in [0.25, 0.3) is 0 Å². The number of hydrogen-bond acceptors (Lipinski definition) is 2. The average Bonchev–Trinajstić information content (AvgIpc) is 2.92. The molecule has 0 aliphatic rings. The number of rotatable bonds is 1. The zero-order valence-electron chi connectivity index (χ0n) is 11.5. The van der Waals surface area contributed by atoms with Gasteiger partial charge in [-0.25, -0.2) is 9.97 Å². The van der Waals surface area contributed by atoms with Gasteiger partial charge in [-0.3, -0.25) is 4.40 Å². The SMILES string of the molecule is Br.Cc1ccc(-c2cn3cnc4ccccc4c3n2)cc1. The number of halogens is 1. The van der Waals surface area contributed by atoms with Crippen molar-refractivity contribution in [2.45, 2.75) is 6.92 Å². The van der Waals surface area contributed by atoms with Crippen molar-refractivity contribution in [3.05, 3.63) is 66.6 Å². The van der Waals surface area contributed by atoms with Crippen LogP contribution in [-0.2, 0) is 0 Å². The number of hydrogen-bond donors (Lipinski definition) is 0. The van der Waals surface area contributed by atoms with Crippen molar-refractivity contribution in [3.63, 3.8) is 0 Å². The van der Waals surface area contributed by atoms with Crippen molar-refractivity contribution in [1.29, 1.82) is 0 Å². The number of nitrogens with zero attached hydrogens (tertiary/aromatic N) is 3. The quantitative estimate of drug-likeness (QED) is 0.513. The minimum atomic E-state index is 0. The maximum absolute atomic E-state index is 4.76. The highest BCUT2D eigenvalue weighted by molar-refractivity contribution is 8.93. The van der Waals surface area contributed by atoms with Crippen LogP contribution in [0, 0.1) is 6.92 Å². The molecule has 2 aromatic heterocycles. The van der Waals surface area contributed by atoms with Gasteiger partial charge in [-0.2, -0.15) is 0 Å². The Balaban J connectivity index is 0.00000132. The van der Waals surface area contributed by atoms with Crippen molar-refractivity contribution in [2.75, 3.05) is 0 Å². The fourth-order valence-electron chi connectivity index (χ4n) is 2.44. The number of para-hydroxylation sites is 1. The maximum atomic E-state index is 4.76. The van der Waals surface area contributed by atoms with Crippen LogP contribution in [-0.4, -0.2) is 14.4 Å². The molecule has 2 aromatic carbocycles. The van der Waals surface area contributed by atoms with Crippen LogP contribution < -0.4 is 0 Å². The van der Waals surface area contributed by atoms with E-state index in [1.165, 1.54) is 5.56 Å². The summed E-state index contributed by atoms with van der Waals surface area (Å²) < 4.78 is 1.98. The molecule has 0 unspecified atom stereocenters. The first-order valence-electron chi connectivity index (χ1n) is 6.61. The molecule has 0 aliphatic carbocycles. The summed E-state index contributed by atoms with van der Waals surface area (Å²) in [7, 11) is 0. The van der Waals surface area contributed by atoms with Crippen molar-refractivity contribution in [3.8, 4) is 11.3 Å². The normalized spacial score (nSPS) is 10.7. The van der Waals surface area contributed by atoms with Crippen LogP contribution in [0.5, 0.6) is 0 Å². The summed E-state index contributed by atoms with van der Waals surface area (Å²) in [6.07, 6.45) is 3.85. The van der Waals surface area contributed by atoms with E-state index in [0.717, 1.165) is 27.8 Å². The van der Waals surface area contributed by atoms with Crippen molar-refractivity contribution >= 4 is 33.5 Å². The van der Waals surface area contributed by atoms with E-state index in [2.05, 4.69) is 42.2 Å². The number of fused-ring (bicyclic) bond motifs is 3. The van der Waals surface area contributed by atoms with E-state index < -0.39 is 0 Å². The van der Waals surface area contributed by atoms with Gasteiger partial charge in [-0.15, -0.1) is 17.0 Å². The fourth-order valence-corrected chi connectivity index (χ4v) is 2.44. The van der Waals surface area contributed by atoms with Crippen LogP contribution in [0.4, 0.5) is 0 Å². The third kappa shape index (κ3) is 2.32. The number of aromatic nitrogens is 3. The lowest BCUT2D eigenvalue weighted by Gasteiger charge is -1.97. The topological polar surface area (TPSA) is 30.2 Å². The Hall–Kier alpha value is -2.20. The van der Waals surface area contributed by atoms with Crippen LogP contribution in [0.3, 0.4) is 0 Å². The third-order valence-corrected chi connectivity index (χ3v) is 3.55. The first kappa shape index (κ1) is 13.8. The Labute approximate surface area is 133 Å². The van der Waals surface area contributed by atoms with Gasteiger partial charge in [-0.05, 0) is 19.1 Å². The molecule has 0 saturated heterocycles. The first-order valence-corrected chi connectivity index (χ1v) is 6.61. The lowest BCUT2D eigenvalue weighted by Crippen LogP contribution is -1.87. The van der Waals surface area contributed by atoms with Crippen LogP contribution in [0.15, 0.2) is 61.1 Å². The third-order valence-electron chi connectivity index (χ3n) is 3.55. The Kier molecular flexibility index (Phi) is 3.47. The minimum Gasteiger partial charge on any atom is -0.289 e. The molecule has 0 saturated carbocycles. The molecule has 0 aliphatic heterocycles. The molecule has 0 amide bonds. The average molecular weight is 340 g/mol. The predicted molar refractivity (Wildman–Crippen MR) is 91.0 cm³/mol. The molecule has 104 valence electrons. The van der Waals surface area contributed by atoms with Crippen LogP contribution in [0.2, 0.25) is 0 Å². The Morgan fingerprint density at radius 2 is 1.71 bits per heavy atom. The van der Waals surface area contributed by atoms with Crippen molar-refractivity contribution in [2.24, 2.45) is 0 Å². The highest BCUT2D eigenvalue weighted by atomic mass is 79.9. The highest BCUT2D eigenvalue weighted by Crippen LogP contribution is 2.23. The summed E-state index contributed by atoms with van der Waals surface area (Å²) in [4.78, 5) is 9.22. The molecule has 4 rings (SSSR count). The van der Waals surface area contributed by atoms with Gasteiger partial charge in [0.1, 0.15) is 12.0 Å². The van der Waals surface area contributed by atoms with E-state index in [-0.39, 0.29) is 17.0 Å². The highest BCUT2D eigenvalue weighted by Gasteiger charge is 2.07. The van der Waals surface area contributed by atoms with Gasteiger partial charge in [-0.1, -0.05) is 42.0 Å². The minimum absolute atomic E-state index is 0. The lowest BCUT2D eigenvalue weighted by molar-refractivity contribution is 1.12. The number of benzene rings is 2. The van der Waals surface area contributed by atoms with E-state index in [1.807, 2.05) is 35.1 Å². The van der Waals surface area contributed by atoms with E-state index in [4.69, 9.17) is 4.98 Å². The molecular formula is C17H14BrN3. The zero-order chi connectivity index (χ0) is 13.5. The summed E-state index contributed by atoms with van der Waals surface area (Å²) in [6.45, 7) is 2.09. The van der Waals surface area contributed by atoms with Gasteiger partial charge in [0.2, 0.25) is 0 Å². The van der Waals surface area contributed by atoms with Crippen LogP contribution in [0.1, 0.15) is 5.56 Å². The van der Waals surface area contributed by atoms with Crippen molar-refractivity contribution < 1.29 is 0 Å². The summed E-state index contributed by atoms with van der Waals surface area (Å²) in [6, 6.07) is 16.5. The number of imidazole rings is 1. The second-order valence-corrected chi connectivity index (χ2v) is 4.98. The molecule has 0 spiro atoms. The van der Waals surface area contributed by atoms with Gasteiger partial charge in [0, 0.05) is 17.1 Å². The molecule has 4 aromatic rings. The van der Waals surface area contributed by atoms with Gasteiger partial charge in [0.15, 0.2) is 0 Å². The largest absolute Gasteiger partial charge is 0.289 e. The first-order chi connectivity index (χ1) is 9.81. The van der Waals surface area contributed by atoms with Crippen molar-refractivity contribution in [1.82, 2.24) is 14.4 Å².